The van der Waals surface area contributed by atoms with Crippen LogP contribution in [0.3, 0.4) is 0 Å². The van der Waals surface area contributed by atoms with E-state index in [4.69, 9.17) is 5.53 Å². The molecule has 2 heteroatoms. The van der Waals surface area contributed by atoms with Crippen molar-refractivity contribution in [3.63, 3.8) is 0 Å². The topological polar surface area (TPSA) is 38.0 Å². The summed E-state index contributed by atoms with van der Waals surface area (Å²) in [5.74, 6) is 0.419. The van der Waals surface area contributed by atoms with Gasteiger partial charge in [-0.1, -0.05) is 13.8 Å². The number of nitrogens with zero attached hydrogens (tertiary/aromatic N) is 1. The Hall–Kier alpha value is -0.620. The van der Waals surface area contributed by atoms with Crippen molar-refractivity contribution >= 4 is 6.21 Å². The maximum absolute atomic E-state index is 6.30. The third-order valence-corrected chi connectivity index (χ3v) is 0.373. The van der Waals surface area contributed by atoms with Gasteiger partial charge in [-0.15, -0.1) is 0 Å². The van der Waals surface area contributed by atoms with Crippen LogP contribution in [0.4, 0.5) is 0 Å². The molecule has 0 unspecified atom stereocenters. The summed E-state index contributed by atoms with van der Waals surface area (Å²) in [5.41, 5.74) is 6.30. The molecule has 0 heterocycles. The van der Waals surface area contributed by atoms with E-state index in [1.54, 1.807) is 6.21 Å². The highest BCUT2D eigenvalue weighted by Gasteiger charge is 1.88. The molecule has 0 fully saturated rings. The van der Waals surface area contributed by atoms with Crippen molar-refractivity contribution in [1.29, 1.82) is 5.53 Å². The van der Waals surface area contributed by atoms with Crippen LogP contribution >= 0.6 is 0 Å². The zero-order chi connectivity index (χ0) is 4.99. The first kappa shape index (κ1) is 5.38. The molecule has 2 nitrogen and oxygen atoms in total. The van der Waals surface area contributed by atoms with E-state index in [9.17, 15) is 0 Å². The lowest BCUT2D eigenvalue weighted by Crippen LogP contribution is -1.85. The van der Waals surface area contributed by atoms with Gasteiger partial charge in [0.1, 0.15) is 0 Å². The summed E-state index contributed by atoms with van der Waals surface area (Å²) in [6, 6.07) is 0. The van der Waals surface area contributed by atoms with Crippen molar-refractivity contribution < 1.29 is 4.79 Å². The molecule has 0 aromatic heterocycles. The lowest BCUT2D eigenvalue weighted by Gasteiger charge is -1.73. The summed E-state index contributed by atoms with van der Waals surface area (Å²) < 4.78 is 0. The van der Waals surface area contributed by atoms with E-state index in [-0.39, 0.29) is 0 Å². The molecule has 0 amide bonds. The highest BCUT2D eigenvalue weighted by Crippen LogP contribution is 1.78. The maximum atomic E-state index is 6.30. The zero-order valence-corrected chi connectivity index (χ0v) is 4.10. The van der Waals surface area contributed by atoms with Crippen molar-refractivity contribution in [2.45, 2.75) is 13.8 Å². The van der Waals surface area contributed by atoms with Crippen LogP contribution in [0.2, 0.25) is 0 Å². The Bertz CT molecular complexity index is 69.6. The lowest BCUT2D eigenvalue weighted by atomic mass is 10.3. The molecule has 6 heavy (non-hydrogen) atoms. The van der Waals surface area contributed by atoms with Crippen molar-refractivity contribution in [2.75, 3.05) is 0 Å². The van der Waals surface area contributed by atoms with E-state index in [0.29, 0.717) is 5.92 Å². The molecule has 0 spiro atoms. The van der Waals surface area contributed by atoms with Gasteiger partial charge in [0.25, 0.3) is 0 Å². The van der Waals surface area contributed by atoms with Gasteiger partial charge in [0.15, 0.2) is 0 Å². The zero-order valence-electron chi connectivity index (χ0n) is 4.10. The average molecular weight is 85.1 g/mol. The summed E-state index contributed by atoms with van der Waals surface area (Å²) in [5, 5.41) is 0. The molecule has 0 aliphatic rings. The fourth-order valence-electron chi connectivity index (χ4n) is 0.149. The van der Waals surface area contributed by atoms with E-state index in [0.717, 1.165) is 0 Å². The minimum absolute atomic E-state index is 0.419. The van der Waals surface area contributed by atoms with Crippen molar-refractivity contribution in [1.82, 2.24) is 0 Å². The van der Waals surface area contributed by atoms with Crippen LogP contribution in [-0.2, 0) is 0 Å². The highest BCUT2D eigenvalue weighted by atomic mass is 14.8. The number of nitrogens with one attached hydrogen (secondary N) is 1. The van der Waals surface area contributed by atoms with Gasteiger partial charge in [0.05, 0.1) is 11.4 Å². The fraction of sp³-hybridized carbons (Fsp3) is 0.750. The second-order valence-corrected chi connectivity index (χ2v) is 1.52. The Kier molecular flexibility index (Phi) is 2.34. The predicted molar refractivity (Wildman–Crippen MR) is 23.9 cm³/mol. The number of rotatable bonds is 1. The van der Waals surface area contributed by atoms with Gasteiger partial charge < -0.3 is 0 Å². The second-order valence-electron chi connectivity index (χ2n) is 1.52. The minimum atomic E-state index is 0.419. The Morgan fingerprint density at radius 2 is 2.17 bits per heavy atom. The van der Waals surface area contributed by atoms with Crippen LogP contribution in [-0.4, -0.2) is 11.0 Å². The van der Waals surface area contributed by atoms with E-state index in [1.165, 1.54) is 0 Å². The molecule has 0 bridgehead atoms. The molecule has 0 aromatic carbocycles. The van der Waals surface area contributed by atoms with Gasteiger partial charge in [-0.05, 0) is 0 Å². The van der Waals surface area contributed by atoms with Gasteiger partial charge in [0.2, 0.25) is 0 Å². The van der Waals surface area contributed by atoms with Gasteiger partial charge >= 0.3 is 6.21 Å². The smallest absolute Gasteiger partial charge is 0.0521 e. The van der Waals surface area contributed by atoms with Crippen LogP contribution in [0.15, 0.2) is 0 Å². The summed E-state index contributed by atoms with van der Waals surface area (Å²) in [7, 11) is 0. The standard InChI is InChI=1S/C4H9N2/c1-4(2)3-6-5/h3-5H,1-2H3/q+1. The Morgan fingerprint density at radius 3 is 2.17 bits per heavy atom. The first-order valence-corrected chi connectivity index (χ1v) is 1.97. The molecule has 34 valence electrons. The SMILES string of the molecule is CC(C)C=[N+]=N. The summed E-state index contributed by atoms with van der Waals surface area (Å²) in [6.45, 7) is 3.97. The third kappa shape index (κ3) is 3.38. The van der Waals surface area contributed by atoms with E-state index < -0.39 is 0 Å². The molecule has 0 radical (unpaired) electrons. The lowest BCUT2D eigenvalue weighted by molar-refractivity contribution is -0.116. The van der Waals surface area contributed by atoms with Crippen molar-refractivity contribution in [3.8, 4) is 0 Å². The van der Waals surface area contributed by atoms with E-state index in [2.05, 4.69) is 4.79 Å². The summed E-state index contributed by atoms with van der Waals surface area (Å²) in [4.78, 5) is 3.06. The van der Waals surface area contributed by atoms with E-state index in [1.807, 2.05) is 13.8 Å². The van der Waals surface area contributed by atoms with Gasteiger partial charge in [-0.25, -0.2) is 0 Å². The highest BCUT2D eigenvalue weighted by molar-refractivity contribution is 5.52. The monoisotopic (exact) mass is 85.1 g/mol. The number of hydrogen-bond acceptors (Lipinski definition) is 1. The molecular formula is C4H9N2+. The van der Waals surface area contributed by atoms with Crippen LogP contribution in [0, 0.1) is 11.4 Å². The molecule has 0 saturated heterocycles. The molecule has 0 aromatic rings. The third-order valence-electron chi connectivity index (χ3n) is 0.373. The summed E-state index contributed by atoms with van der Waals surface area (Å²) >= 11 is 0. The predicted octanol–water partition coefficient (Wildman–Crippen LogP) is 0.952. The molecule has 0 saturated carbocycles. The Morgan fingerprint density at radius 1 is 1.67 bits per heavy atom. The van der Waals surface area contributed by atoms with Crippen LogP contribution in [0.25, 0.3) is 0 Å². The van der Waals surface area contributed by atoms with Gasteiger partial charge in [0, 0.05) is 4.79 Å². The van der Waals surface area contributed by atoms with Gasteiger partial charge in [-0.3, -0.25) is 0 Å². The number of hydrogen-bond donors (Lipinski definition) is 1. The molecule has 0 rings (SSSR count). The minimum Gasteiger partial charge on any atom is -0.0521 e. The van der Waals surface area contributed by atoms with Crippen molar-refractivity contribution in [3.05, 3.63) is 0 Å². The van der Waals surface area contributed by atoms with Crippen LogP contribution in [0.5, 0.6) is 0 Å². The first-order valence-electron chi connectivity index (χ1n) is 1.97. The maximum Gasteiger partial charge on any atom is 0.309 e. The fourth-order valence-corrected chi connectivity index (χ4v) is 0.149. The van der Waals surface area contributed by atoms with Gasteiger partial charge in [-0.2, -0.15) is 0 Å². The Balaban J connectivity index is 3.29. The summed E-state index contributed by atoms with van der Waals surface area (Å²) in [6.07, 6.45) is 1.58. The van der Waals surface area contributed by atoms with Crippen LogP contribution in [0.1, 0.15) is 13.8 Å². The van der Waals surface area contributed by atoms with Crippen molar-refractivity contribution in [2.24, 2.45) is 5.92 Å². The second kappa shape index (κ2) is 2.61. The molecular weight excluding hydrogens is 76.1 g/mol. The van der Waals surface area contributed by atoms with E-state index >= 15 is 0 Å². The quantitative estimate of drug-likeness (QED) is 0.280. The normalized spacial score (nSPS) is 7.83. The molecule has 0 atom stereocenters. The Labute approximate surface area is 37.4 Å². The first-order chi connectivity index (χ1) is 2.77. The molecule has 0 aliphatic carbocycles. The largest absolute Gasteiger partial charge is 0.309 e. The molecule has 0 aliphatic heterocycles. The average Bonchev–Trinajstić information content (AvgIpc) is 1.35. The molecule has 1 N–H and O–H groups in total. The van der Waals surface area contributed by atoms with Crippen LogP contribution < -0.4 is 0 Å².